The maximum absolute atomic E-state index is 12.7. The molecule has 5 nitrogen and oxygen atoms in total. The number of benzene rings is 1. The fourth-order valence-corrected chi connectivity index (χ4v) is 4.11. The van der Waals surface area contributed by atoms with Gasteiger partial charge in [-0.25, -0.2) is 0 Å². The van der Waals surface area contributed by atoms with E-state index in [0.717, 1.165) is 43.5 Å². The number of piperazine rings is 1. The smallest absolute Gasteiger partial charge is 0.255 e. The van der Waals surface area contributed by atoms with Gasteiger partial charge >= 0.3 is 0 Å². The molecule has 0 unspecified atom stereocenters. The van der Waals surface area contributed by atoms with Crippen LogP contribution in [-0.2, 0) is 4.79 Å². The zero-order chi connectivity index (χ0) is 18.5. The molecule has 3 rings (SSSR count). The predicted molar refractivity (Wildman–Crippen MR) is 107 cm³/mol. The van der Waals surface area contributed by atoms with Gasteiger partial charge in [0.05, 0.1) is 17.1 Å². The Kier molecular flexibility index (Phi) is 6.95. The first-order valence-corrected chi connectivity index (χ1v) is 10.5. The van der Waals surface area contributed by atoms with Crippen molar-refractivity contribution in [1.29, 1.82) is 0 Å². The molecule has 0 atom stereocenters. The molecule has 2 aliphatic heterocycles. The lowest BCUT2D eigenvalue weighted by atomic mass is 10.2. The fourth-order valence-electron chi connectivity index (χ4n) is 3.55. The van der Waals surface area contributed by atoms with Crippen molar-refractivity contribution < 1.29 is 9.59 Å². The van der Waals surface area contributed by atoms with Crippen molar-refractivity contribution >= 4 is 39.3 Å². The van der Waals surface area contributed by atoms with E-state index in [-0.39, 0.29) is 11.8 Å². The SMILES string of the molecule is O=C(CN1CCN(C(=O)c2cc(Br)ccc2Cl)CC1)N1CCCCCC1. The quantitative estimate of drug-likeness (QED) is 0.722. The van der Waals surface area contributed by atoms with E-state index in [1.165, 1.54) is 12.8 Å². The number of nitrogens with zero attached hydrogens (tertiary/aromatic N) is 3. The van der Waals surface area contributed by atoms with E-state index in [0.29, 0.717) is 30.2 Å². The second-order valence-electron chi connectivity index (χ2n) is 6.99. The third-order valence-electron chi connectivity index (χ3n) is 5.14. The molecule has 1 aromatic rings. The first-order chi connectivity index (χ1) is 12.5. The minimum atomic E-state index is -0.0465. The van der Waals surface area contributed by atoms with Crippen molar-refractivity contribution in [2.24, 2.45) is 0 Å². The zero-order valence-corrected chi connectivity index (χ0v) is 17.3. The molecule has 0 N–H and O–H groups in total. The molecule has 2 amide bonds. The average Bonchev–Trinajstić information content (AvgIpc) is 2.93. The third kappa shape index (κ3) is 4.99. The molecule has 0 bridgehead atoms. The van der Waals surface area contributed by atoms with Gasteiger partial charge in [0, 0.05) is 43.7 Å². The van der Waals surface area contributed by atoms with Crippen molar-refractivity contribution in [3.63, 3.8) is 0 Å². The van der Waals surface area contributed by atoms with Crippen molar-refractivity contribution in [3.8, 4) is 0 Å². The van der Waals surface area contributed by atoms with Gasteiger partial charge in [-0.3, -0.25) is 14.5 Å². The largest absolute Gasteiger partial charge is 0.342 e. The summed E-state index contributed by atoms with van der Waals surface area (Å²) in [7, 11) is 0. The molecule has 2 saturated heterocycles. The van der Waals surface area contributed by atoms with Gasteiger partial charge in [0.2, 0.25) is 5.91 Å². The van der Waals surface area contributed by atoms with Crippen LogP contribution in [0.1, 0.15) is 36.0 Å². The normalized spacial score (nSPS) is 19.3. The Bertz CT molecular complexity index is 654. The molecule has 2 fully saturated rings. The monoisotopic (exact) mass is 441 g/mol. The highest BCUT2D eigenvalue weighted by molar-refractivity contribution is 9.10. The Balaban J connectivity index is 1.51. The van der Waals surface area contributed by atoms with Gasteiger partial charge < -0.3 is 9.80 Å². The second kappa shape index (κ2) is 9.20. The van der Waals surface area contributed by atoms with Crippen LogP contribution >= 0.6 is 27.5 Å². The Morgan fingerprint density at radius 1 is 0.923 bits per heavy atom. The van der Waals surface area contributed by atoms with Gasteiger partial charge in [0.1, 0.15) is 0 Å². The molecule has 26 heavy (non-hydrogen) atoms. The Morgan fingerprint density at radius 3 is 2.23 bits per heavy atom. The predicted octanol–water partition coefficient (Wildman–Crippen LogP) is 3.26. The summed E-state index contributed by atoms with van der Waals surface area (Å²) in [6.07, 6.45) is 4.67. The van der Waals surface area contributed by atoms with Crippen LogP contribution in [0.15, 0.2) is 22.7 Å². The molecular formula is C19H25BrClN3O2. The summed E-state index contributed by atoms with van der Waals surface area (Å²) in [5.41, 5.74) is 0.523. The van der Waals surface area contributed by atoms with E-state index in [4.69, 9.17) is 11.6 Å². The highest BCUT2D eigenvalue weighted by Crippen LogP contribution is 2.23. The fraction of sp³-hybridized carbons (Fsp3) is 0.579. The zero-order valence-electron chi connectivity index (χ0n) is 14.9. The molecule has 142 valence electrons. The van der Waals surface area contributed by atoms with E-state index in [2.05, 4.69) is 20.8 Å². The maximum atomic E-state index is 12.7. The molecule has 2 aliphatic rings. The van der Waals surface area contributed by atoms with Crippen LogP contribution in [0, 0.1) is 0 Å². The first-order valence-electron chi connectivity index (χ1n) is 9.29. The number of hydrogen-bond donors (Lipinski definition) is 0. The van der Waals surface area contributed by atoms with Crippen molar-refractivity contribution in [2.45, 2.75) is 25.7 Å². The Morgan fingerprint density at radius 2 is 1.58 bits per heavy atom. The summed E-state index contributed by atoms with van der Waals surface area (Å²) < 4.78 is 0.840. The van der Waals surface area contributed by atoms with Crippen LogP contribution in [0.25, 0.3) is 0 Å². The number of rotatable bonds is 3. The van der Waals surface area contributed by atoms with E-state index >= 15 is 0 Å². The molecule has 0 radical (unpaired) electrons. The lowest BCUT2D eigenvalue weighted by Crippen LogP contribution is -2.51. The van der Waals surface area contributed by atoms with E-state index < -0.39 is 0 Å². The third-order valence-corrected chi connectivity index (χ3v) is 5.96. The van der Waals surface area contributed by atoms with Crippen LogP contribution in [0.5, 0.6) is 0 Å². The van der Waals surface area contributed by atoms with Gasteiger partial charge in [-0.1, -0.05) is 40.4 Å². The summed E-state index contributed by atoms with van der Waals surface area (Å²) in [5, 5.41) is 0.469. The van der Waals surface area contributed by atoms with Crippen LogP contribution in [0.3, 0.4) is 0 Å². The number of carbonyl (C=O) groups is 2. The van der Waals surface area contributed by atoms with E-state index in [1.54, 1.807) is 12.1 Å². The highest BCUT2D eigenvalue weighted by Gasteiger charge is 2.26. The minimum absolute atomic E-state index is 0.0465. The van der Waals surface area contributed by atoms with E-state index in [1.807, 2.05) is 15.9 Å². The maximum Gasteiger partial charge on any atom is 0.255 e. The lowest BCUT2D eigenvalue weighted by Gasteiger charge is -2.35. The molecule has 7 heteroatoms. The molecule has 0 aromatic heterocycles. The lowest BCUT2D eigenvalue weighted by molar-refractivity contribution is -0.132. The molecule has 2 heterocycles. The van der Waals surface area contributed by atoms with Gasteiger partial charge in [-0.05, 0) is 31.0 Å². The highest BCUT2D eigenvalue weighted by atomic mass is 79.9. The summed E-state index contributed by atoms with van der Waals surface area (Å²) >= 11 is 9.57. The van der Waals surface area contributed by atoms with Crippen LogP contribution in [0.2, 0.25) is 5.02 Å². The number of likely N-dealkylation sites (tertiary alicyclic amines) is 1. The molecule has 1 aromatic carbocycles. The minimum Gasteiger partial charge on any atom is -0.342 e. The van der Waals surface area contributed by atoms with Crippen LogP contribution in [-0.4, -0.2) is 72.3 Å². The van der Waals surface area contributed by atoms with Crippen molar-refractivity contribution in [3.05, 3.63) is 33.3 Å². The number of amides is 2. The molecule has 0 saturated carbocycles. The van der Waals surface area contributed by atoms with Crippen molar-refractivity contribution in [2.75, 3.05) is 45.8 Å². The van der Waals surface area contributed by atoms with E-state index in [9.17, 15) is 9.59 Å². The summed E-state index contributed by atoms with van der Waals surface area (Å²) in [6.45, 7) is 4.91. The topological polar surface area (TPSA) is 43.9 Å². The Labute approximate surface area is 168 Å². The van der Waals surface area contributed by atoms with Gasteiger partial charge in [-0.2, -0.15) is 0 Å². The molecule has 0 aliphatic carbocycles. The van der Waals surface area contributed by atoms with Gasteiger partial charge in [0.25, 0.3) is 5.91 Å². The second-order valence-corrected chi connectivity index (χ2v) is 8.31. The van der Waals surface area contributed by atoms with Gasteiger partial charge in [-0.15, -0.1) is 0 Å². The summed E-state index contributed by atoms with van der Waals surface area (Å²) in [4.78, 5) is 31.2. The first kappa shape index (κ1) is 19.6. The average molecular weight is 443 g/mol. The molecular weight excluding hydrogens is 418 g/mol. The Hall–Kier alpha value is -1.11. The number of halogens is 2. The number of carbonyl (C=O) groups excluding carboxylic acids is 2. The van der Waals surface area contributed by atoms with Crippen LogP contribution in [0.4, 0.5) is 0 Å². The summed E-state index contributed by atoms with van der Waals surface area (Å²) in [5.74, 6) is 0.177. The van der Waals surface area contributed by atoms with Crippen molar-refractivity contribution in [1.82, 2.24) is 14.7 Å². The molecule has 0 spiro atoms. The van der Waals surface area contributed by atoms with Gasteiger partial charge in [0.15, 0.2) is 0 Å². The number of hydrogen-bond acceptors (Lipinski definition) is 3. The van der Waals surface area contributed by atoms with Crippen LogP contribution < -0.4 is 0 Å². The summed E-state index contributed by atoms with van der Waals surface area (Å²) in [6, 6.07) is 5.32. The standard InChI is InChI=1S/C19H25BrClN3O2/c20-15-5-6-17(21)16(13-15)19(26)24-11-9-22(10-12-24)14-18(25)23-7-3-1-2-4-8-23/h5-6,13H,1-4,7-12,14H2.